The molecule has 0 spiro atoms. The first kappa shape index (κ1) is 56.1. The number of amides is 1. The fraction of sp³-hybridized carbons (Fsp3) is 0.846. The van der Waals surface area contributed by atoms with Crippen LogP contribution >= 0.6 is 0 Å². The van der Waals surface area contributed by atoms with E-state index in [0.29, 0.717) is 19.3 Å². The summed E-state index contributed by atoms with van der Waals surface area (Å²) >= 11 is 0. The van der Waals surface area contributed by atoms with Gasteiger partial charge in [0, 0.05) is 6.42 Å². The fourth-order valence-electron chi connectivity index (χ4n) is 7.57. The molecule has 3 unspecified atom stereocenters. The Morgan fingerprint density at radius 3 is 1.38 bits per heavy atom. The lowest BCUT2D eigenvalue weighted by molar-refractivity contribution is -0.151. The van der Waals surface area contributed by atoms with Gasteiger partial charge in [-0.05, 0) is 83.5 Å². The van der Waals surface area contributed by atoms with Crippen LogP contribution in [0.3, 0.4) is 0 Å². The summed E-state index contributed by atoms with van der Waals surface area (Å²) in [6.07, 6.45) is 53.5. The Labute approximate surface area is 360 Å². The minimum absolute atomic E-state index is 0.0668. The van der Waals surface area contributed by atoms with E-state index in [4.69, 9.17) is 4.74 Å². The summed E-state index contributed by atoms with van der Waals surface area (Å²) in [6, 6.07) is -0.703. The molecule has 0 aliphatic rings. The van der Waals surface area contributed by atoms with Crippen molar-refractivity contribution in [2.45, 2.75) is 277 Å². The molecule has 0 rings (SSSR count). The number of nitrogens with one attached hydrogen (secondary N) is 1. The molecule has 0 radical (unpaired) electrons. The number of rotatable bonds is 45. The highest BCUT2D eigenvalue weighted by molar-refractivity contribution is 5.77. The summed E-state index contributed by atoms with van der Waals surface area (Å²) in [6.45, 7) is 6.42. The number of allylic oxidation sites excluding steroid dienone is 6. The number of aliphatic hydroxyl groups is 2. The van der Waals surface area contributed by atoms with Gasteiger partial charge in [-0.25, -0.2) is 0 Å². The molecule has 340 valence electrons. The maximum absolute atomic E-state index is 13.1. The van der Waals surface area contributed by atoms with Crippen LogP contribution < -0.4 is 5.32 Å². The third-order valence-corrected chi connectivity index (χ3v) is 11.4. The molecule has 0 saturated heterocycles. The van der Waals surface area contributed by atoms with Gasteiger partial charge < -0.3 is 20.3 Å². The number of aliphatic hydroxyl groups excluding tert-OH is 2. The predicted octanol–water partition coefficient (Wildman–Crippen LogP) is 14.9. The zero-order valence-corrected chi connectivity index (χ0v) is 38.7. The van der Waals surface area contributed by atoms with E-state index in [0.717, 1.165) is 77.0 Å². The number of carbonyl (C=O) groups is 2. The van der Waals surface area contributed by atoms with Gasteiger partial charge in [0.2, 0.25) is 5.91 Å². The van der Waals surface area contributed by atoms with E-state index in [1.165, 1.54) is 135 Å². The maximum Gasteiger partial charge on any atom is 0.306 e. The Morgan fingerprint density at radius 2 is 0.879 bits per heavy atom. The summed E-state index contributed by atoms with van der Waals surface area (Å²) in [7, 11) is 0. The van der Waals surface area contributed by atoms with Crippen molar-refractivity contribution in [3.05, 3.63) is 36.5 Å². The van der Waals surface area contributed by atoms with Gasteiger partial charge in [-0.3, -0.25) is 9.59 Å². The molecule has 0 aromatic carbocycles. The van der Waals surface area contributed by atoms with E-state index >= 15 is 0 Å². The largest absolute Gasteiger partial charge is 0.462 e. The first-order valence-electron chi connectivity index (χ1n) is 25.2. The van der Waals surface area contributed by atoms with Crippen LogP contribution in [0.2, 0.25) is 0 Å². The van der Waals surface area contributed by atoms with Gasteiger partial charge >= 0.3 is 5.97 Å². The molecule has 6 heteroatoms. The smallest absolute Gasteiger partial charge is 0.306 e. The lowest BCUT2D eigenvalue weighted by atomic mass is 10.0. The summed E-state index contributed by atoms with van der Waals surface area (Å²) in [5, 5.41) is 23.6. The first-order chi connectivity index (χ1) is 28.5. The van der Waals surface area contributed by atoms with Gasteiger partial charge in [0.25, 0.3) is 0 Å². The third-order valence-electron chi connectivity index (χ3n) is 11.4. The molecule has 0 bridgehead atoms. The van der Waals surface area contributed by atoms with Crippen molar-refractivity contribution in [1.29, 1.82) is 0 Å². The molecule has 58 heavy (non-hydrogen) atoms. The summed E-state index contributed by atoms with van der Waals surface area (Å²) < 4.78 is 5.91. The molecule has 0 fully saturated rings. The Hall–Kier alpha value is -1.92. The molecule has 1 amide bonds. The van der Waals surface area contributed by atoms with E-state index in [9.17, 15) is 19.8 Å². The van der Waals surface area contributed by atoms with E-state index < -0.39 is 18.2 Å². The molecule has 0 saturated carbocycles. The molecule has 0 heterocycles. The van der Waals surface area contributed by atoms with Crippen LogP contribution in [0.25, 0.3) is 0 Å². The van der Waals surface area contributed by atoms with Crippen LogP contribution in [0.1, 0.15) is 258 Å². The Balaban J connectivity index is 4.46. The van der Waals surface area contributed by atoms with Crippen molar-refractivity contribution < 1.29 is 24.5 Å². The zero-order valence-electron chi connectivity index (χ0n) is 38.7. The quantitative estimate of drug-likeness (QED) is 0.0323. The SMILES string of the molecule is CCCCC/C=C\C/C=C\CCCCCCCCCCCC(=O)OC(CCCCC/C=C\CCCCC)CC(=O)NC(CO)C(O)CCCCCCCCCCCC. The molecule has 0 aliphatic heterocycles. The van der Waals surface area contributed by atoms with Crippen molar-refractivity contribution in [3.63, 3.8) is 0 Å². The second-order valence-corrected chi connectivity index (χ2v) is 17.2. The Kier molecular flexibility index (Phi) is 44.6. The molecule has 0 aromatic heterocycles. The maximum atomic E-state index is 13.1. The monoisotopic (exact) mass is 816 g/mol. The van der Waals surface area contributed by atoms with Crippen LogP contribution in [0, 0.1) is 0 Å². The van der Waals surface area contributed by atoms with Crippen LogP contribution in [-0.2, 0) is 14.3 Å². The molecule has 6 nitrogen and oxygen atoms in total. The van der Waals surface area contributed by atoms with Gasteiger partial charge in [0.15, 0.2) is 0 Å². The topological polar surface area (TPSA) is 95.9 Å². The van der Waals surface area contributed by atoms with Crippen molar-refractivity contribution in [2.75, 3.05) is 6.61 Å². The second-order valence-electron chi connectivity index (χ2n) is 17.2. The van der Waals surface area contributed by atoms with Gasteiger partial charge in [0.1, 0.15) is 6.10 Å². The van der Waals surface area contributed by atoms with Gasteiger partial charge in [-0.2, -0.15) is 0 Å². The van der Waals surface area contributed by atoms with Crippen LogP contribution in [0.15, 0.2) is 36.5 Å². The molecular weight excluding hydrogens is 719 g/mol. The predicted molar refractivity (Wildman–Crippen MR) is 250 cm³/mol. The molecule has 3 atom stereocenters. The standard InChI is InChI=1S/C52H97NO5/c1-4-7-10-13-16-19-22-23-24-25-26-27-28-29-30-33-36-39-42-45-52(57)58-48(43-40-37-34-31-20-17-14-11-8-5-2)46-51(56)53-49(47-54)50(55)44-41-38-35-32-21-18-15-12-9-6-3/h16-17,19-20,23-24,48-50,54-55H,4-15,18,21-22,25-47H2,1-3H3,(H,53,56)/b19-16-,20-17-,24-23-. The van der Waals surface area contributed by atoms with Gasteiger partial charge in [-0.1, -0.05) is 198 Å². The highest BCUT2D eigenvalue weighted by atomic mass is 16.5. The number of hydrogen-bond acceptors (Lipinski definition) is 5. The minimum Gasteiger partial charge on any atom is -0.462 e. The molecule has 3 N–H and O–H groups in total. The van der Waals surface area contributed by atoms with Crippen LogP contribution in [-0.4, -0.2) is 46.9 Å². The fourth-order valence-corrected chi connectivity index (χ4v) is 7.57. The summed E-state index contributed by atoms with van der Waals surface area (Å²) in [5.41, 5.74) is 0. The Bertz CT molecular complexity index is 961. The summed E-state index contributed by atoms with van der Waals surface area (Å²) in [5.74, 6) is -0.490. The second kappa shape index (κ2) is 46.2. The van der Waals surface area contributed by atoms with Crippen molar-refractivity contribution in [3.8, 4) is 0 Å². The van der Waals surface area contributed by atoms with E-state index in [-0.39, 0.29) is 24.9 Å². The van der Waals surface area contributed by atoms with Crippen molar-refractivity contribution >= 4 is 11.9 Å². The van der Waals surface area contributed by atoms with Crippen molar-refractivity contribution in [2.24, 2.45) is 0 Å². The summed E-state index contributed by atoms with van der Waals surface area (Å²) in [4.78, 5) is 26.0. The van der Waals surface area contributed by atoms with Gasteiger partial charge in [0.05, 0.1) is 25.2 Å². The average molecular weight is 816 g/mol. The zero-order chi connectivity index (χ0) is 42.4. The third kappa shape index (κ3) is 40.8. The molecular formula is C52H97NO5. The lowest BCUT2D eigenvalue weighted by Gasteiger charge is -2.24. The highest BCUT2D eigenvalue weighted by Gasteiger charge is 2.24. The van der Waals surface area contributed by atoms with Crippen LogP contribution in [0.5, 0.6) is 0 Å². The minimum atomic E-state index is -0.788. The van der Waals surface area contributed by atoms with E-state index in [2.05, 4.69) is 62.5 Å². The number of esters is 1. The average Bonchev–Trinajstić information content (AvgIpc) is 3.22. The van der Waals surface area contributed by atoms with Crippen LogP contribution in [0.4, 0.5) is 0 Å². The number of carbonyl (C=O) groups excluding carboxylic acids is 2. The van der Waals surface area contributed by atoms with E-state index in [1.807, 2.05) is 0 Å². The number of unbranched alkanes of at least 4 members (excludes halogenated alkanes) is 27. The first-order valence-corrected chi connectivity index (χ1v) is 25.2. The number of ether oxygens (including phenoxy) is 1. The van der Waals surface area contributed by atoms with E-state index in [1.54, 1.807) is 0 Å². The Morgan fingerprint density at radius 1 is 0.500 bits per heavy atom. The molecule has 0 aliphatic carbocycles. The highest BCUT2D eigenvalue weighted by Crippen LogP contribution is 2.17. The number of hydrogen-bond donors (Lipinski definition) is 3. The van der Waals surface area contributed by atoms with Gasteiger partial charge in [-0.15, -0.1) is 0 Å². The normalized spacial score (nSPS) is 13.5. The van der Waals surface area contributed by atoms with Crippen molar-refractivity contribution in [1.82, 2.24) is 5.32 Å². The lowest BCUT2D eigenvalue weighted by Crippen LogP contribution is -2.46. The molecule has 0 aromatic rings.